The Kier molecular flexibility index (Phi) is 8.53. The summed E-state index contributed by atoms with van der Waals surface area (Å²) in [7, 11) is 0. The zero-order valence-corrected chi connectivity index (χ0v) is 33.8. The van der Waals surface area contributed by atoms with Gasteiger partial charge in [-0.15, -0.1) is 0 Å². The van der Waals surface area contributed by atoms with Gasteiger partial charge in [0.1, 0.15) is 0 Å². The van der Waals surface area contributed by atoms with Crippen LogP contribution in [0.1, 0.15) is 0 Å². The maximum Gasteiger partial charge on any atom is 0.0972 e. The lowest BCUT2D eigenvalue weighted by Crippen LogP contribution is -1.92. The van der Waals surface area contributed by atoms with Crippen LogP contribution in [0.5, 0.6) is 0 Å². The highest BCUT2D eigenvalue weighted by Gasteiger charge is 2.18. The monoisotopic (exact) mass is 786 g/mol. The molecule has 0 saturated heterocycles. The molecule has 0 fully saturated rings. The van der Waals surface area contributed by atoms with Crippen molar-refractivity contribution in [3.05, 3.63) is 231 Å². The van der Waals surface area contributed by atoms with Crippen LogP contribution in [0, 0.1) is 0 Å². The van der Waals surface area contributed by atoms with Gasteiger partial charge in [-0.05, 0) is 101 Å². The number of benzene rings is 10. The fourth-order valence-corrected chi connectivity index (χ4v) is 9.52. The molecule has 10 aromatic carbocycles. The van der Waals surface area contributed by atoms with Crippen molar-refractivity contribution in [3.63, 3.8) is 0 Å². The third-order valence-electron chi connectivity index (χ3n) is 12.4. The second-order valence-electron chi connectivity index (χ2n) is 16.0. The molecule has 0 radical (unpaired) electrons. The molecule has 0 spiro atoms. The fraction of sp³-hybridized carbons (Fsp3) is 0. The molecule has 2 aromatic heterocycles. The Morgan fingerprint density at radius 2 is 0.661 bits per heavy atom. The fourth-order valence-electron chi connectivity index (χ4n) is 9.52. The SMILES string of the molecule is c1ccc(-c2ccc3ccc4ccc(-c5ccc(-c6cccc(-c7ccc8c(-c9ccccc9)c9ccccc9c(-c9ccccc9)c8c7)c6)c6ccccc56)nc4c3n2)cc1. The summed E-state index contributed by atoms with van der Waals surface area (Å²) < 4.78 is 0. The second-order valence-corrected chi connectivity index (χ2v) is 16.0. The number of hydrogen-bond acceptors (Lipinski definition) is 2. The molecular weight excluding hydrogens is 749 g/mol. The molecule has 0 bridgehead atoms. The first-order chi connectivity index (χ1) is 30.7. The standard InChI is InChI=1S/C60H38N2/c1-4-15-39(16-5-1)55-35-30-42-27-28-43-31-36-56(62-60(43)59(42)61-55)50-34-33-47(48-23-10-11-24-49(48)50)46-22-14-21-44(37-46)45-29-32-53-54(38-45)58(41-19-8-3-9-20-41)52-26-13-12-25-51(52)57(53)40-17-6-2-7-18-40/h1-38H. The van der Waals surface area contributed by atoms with Gasteiger partial charge in [-0.1, -0.05) is 206 Å². The van der Waals surface area contributed by atoms with E-state index < -0.39 is 0 Å². The van der Waals surface area contributed by atoms with E-state index in [0.29, 0.717) is 0 Å². The lowest BCUT2D eigenvalue weighted by molar-refractivity contribution is 1.37. The number of hydrogen-bond donors (Lipinski definition) is 0. The first-order valence-corrected chi connectivity index (χ1v) is 21.2. The van der Waals surface area contributed by atoms with Crippen LogP contribution in [0.25, 0.3) is 121 Å². The van der Waals surface area contributed by atoms with Crippen LogP contribution in [0.2, 0.25) is 0 Å². The number of aromatic nitrogens is 2. The summed E-state index contributed by atoms with van der Waals surface area (Å²) >= 11 is 0. The molecule has 288 valence electrons. The van der Waals surface area contributed by atoms with Crippen LogP contribution in [-0.4, -0.2) is 9.97 Å². The van der Waals surface area contributed by atoms with Crippen molar-refractivity contribution in [1.29, 1.82) is 0 Å². The zero-order valence-electron chi connectivity index (χ0n) is 33.8. The number of rotatable bonds is 6. The molecule has 0 unspecified atom stereocenters. The molecule has 0 aliphatic rings. The van der Waals surface area contributed by atoms with E-state index in [1.165, 1.54) is 76.8 Å². The summed E-state index contributed by atoms with van der Waals surface area (Å²) in [5.41, 5.74) is 15.6. The van der Waals surface area contributed by atoms with E-state index in [1.54, 1.807) is 0 Å². The minimum Gasteiger partial charge on any atom is -0.245 e. The summed E-state index contributed by atoms with van der Waals surface area (Å²) in [6, 6.07) is 83.0. The number of nitrogens with zero attached hydrogens (tertiary/aromatic N) is 2. The van der Waals surface area contributed by atoms with Crippen molar-refractivity contribution in [3.8, 4) is 67.0 Å². The maximum absolute atomic E-state index is 5.35. The van der Waals surface area contributed by atoms with Gasteiger partial charge < -0.3 is 0 Å². The summed E-state index contributed by atoms with van der Waals surface area (Å²) in [5, 5.41) is 9.52. The number of pyridine rings is 2. The van der Waals surface area contributed by atoms with Crippen LogP contribution in [0.3, 0.4) is 0 Å². The van der Waals surface area contributed by atoms with Gasteiger partial charge in [-0.2, -0.15) is 0 Å². The molecule has 0 saturated carbocycles. The third kappa shape index (κ3) is 6.04. The van der Waals surface area contributed by atoms with Gasteiger partial charge in [0.15, 0.2) is 0 Å². The second kappa shape index (κ2) is 14.8. The van der Waals surface area contributed by atoms with E-state index in [9.17, 15) is 0 Å². The molecular formula is C60H38N2. The summed E-state index contributed by atoms with van der Waals surface area (Å²) in [6.45, 7) is 0. The molecule has 2 nitrogen and oxygen atoms in total. The van der Waals surface area contributed by atoms with E-state index in [0.717, 1.165) is 44.3 Å². The molecule has 0 amide bonds. The van der Waals surface area contributed by atoms with Crippen molar-refractivity contribution in [2.75, 3.05) is 0 Å². The van der Waals surface area contributed by atoms with E-state index in [4.69, 9.17) is 9.97 Å². The molecule has 0 N–H and O–H groups in total. The van der Waals surface area contributed by atoms with Gasteiger partial charge in [0, 0.05) is 21.9 Å². The highest BCUT2D eigenvalue weighted by Crippen LogP contribution is 2.45. The highest BCUT2D eigenvalue weighted by atomic mass is 14.8. The van der Waals surface area contributed by atoms with Crippen LogP contribution < -0.4 is 0 Å². The Labute approximate surface area is 360 Å². The lowest BCUT2D eigenvalue weighted by Gasteiger charge is -2.19. The Bertz CT molecular complexity index is 3670. The average Bonchev–Trinajstić information content (AvgIpc) is 3.35. The predicted octanol–water partition coefficient (Wildman–Crippen LogP) is 16.2. The van der Waals surface area contributed by atoms with Crippen LogP contribution in [0.4, 0.5) is 0 Å². The van der Waals surface area contributed by atoms with Crippen molar-refractivity contribution in [1.82, 2.24) is 9.97 Å². The molecule has 2 heterocycles. The molecule has 12 aromatic rings. The average molecular weight is 787 g/mol. The molecule has 62 heavy (non-hydrogen) atoms. The molecule has 0 aliphatic carbocycles. The molecule has 12 rings (SSSR count). The Balaban J connectivity index is 0.992. The van der Waals surface area contributed by atoms with Crippen molar-refractivity contribution < 1.29 is 0 Å². The molecule has 2 heteroatoms. The topological polar surface area (TPSA) is 25.8 Å². The molecule has 0 aliphatic heterocycles. The quantitative estimate of drug-likeness (QED) is 0.124. The van der Waals surface area contributed by atoms with E-state index >= 15 is 0 Å². The van der Waals surface area contributed by atoms with Gasteiger partial charge in [-0.3, -0.25) is 0 Å². The van der Waals surface area contributed by atoms with Crippen LogP contribution in [0.15, 0.2) is 231 Å². The van der Waals surface area contributed by atoms with Crippen LogP contribution in [-0.2, 0) is 0 Å². The minimum absolute atomic E-state index is 0.910. The van der Waals surface area contributed by atoms with Gasteiger partial charge >= 0.3 is 0 Å². The normalized spacial score (nSPS) is 11.5. The van der Waals surface area contributed by atoms with Gasteiger partial charge in [0.05, 0.1) is 22.4 Å². The Hall–Kier alpha value is -8.20. The van der Waals surface area contributed by atoms with Crippen molar-refractivity contribution in [2.24, 2.45) is 0 Å². The highest BCUT2D eigenvalue weighted by molar-refractivity contribution is 6.22. The van der Waals surface area contributed by atoms with Gasteiger partial charge in [-0.25, -0.2) is 9.97 Å². The lowest BCUT2D eigenvalue weighted by atomic mass is 9.84. The smallest absolute Gasteiger partial charge is 0.0972 e. The summed E-state index contributed by atoms with van der Waals surface area (Å²) in [6.07, 6.45) is 0. The van der Waals surface area contributed by atoms with E-state index in [-0.39, 0.29) is 0 Å². The van der Waals surface area contributed by atoms with E-state index in [2.05, 4.69) is 224 Å². The zero-order chi connectivity index (χ0) is 41.0. The summed E-state index contributed by atoms with van der Waals surface area (Å²) in [5.74, 6) is 0. The van der Waals surface area contributed by atoms with Crippen molar-refractivity contribution in [2.45, 2.75) is 0 Å². The summed E-state index contributed by atoms with van der Waals surface area (Å²) in [4.78, 5) is 10.5. The number of fused-ring (bicyclic) bond motifs is 6. The van der Waals surface area contributed by atoms with Gasteiger partial charge in [0.25, 0.3) is 0 Å². The predicted molar refractivity (Wildman–Crippen MR) is 262 cm³/mol. The first-order valence-electron chi connectivity index (χ1n) is 21.2. The Morgan fingerprint density at radius 1 is 0.226 bits per heavy atom. The third-order valence-corrected chi connectivity index (χ3v) is 12.4. The molecule has 0 atom stereocenters. The van der Waals surface area contributed by atoms with Crippen molar-refractivity contribution >= 4 is 54.1 Å². The Morgan fingerprint density at radius 3 is 1.31 bits per heavy atom. The maximum atomic E-state index is 5.35. The van der Waals surface area contributed by atoms with E-state index in [1.807, 2.05) is 6.07 Å². The first kappa shape index (κ1) is 35.7. The van der Waals surface area contributed by atoms with Crippen LogP contribution >= 0.6 is 0 Å². The van der Waals surface area contributed by atoms with Gasteiger partial charge in [0.2, 0.25) is 0 Å². The minimum atomic E-state index is 0.910. The largest absolute Gasteiger partial charge is 0.245 e.